The zero-order valence-electron chi connectivity index (χ0n) is 14.0. The van der Waals surface area contributed by atoms with Gasteiger partial charge in [0.15, 0.2) is 0 Å². The van der Waals surface area contributed by atoms with Crippen LogP contribution in [0.15, 0.2) is 18.2 Å². The Morgan fingerprint density at radius 1 is 0.950 bits per heavy atom. The summed E-state index contributed by atoms with van der Waals surface area (Å²) in [5.74, 6) is 0. The van der Waals surface area contributed by atoms with E-state index in [0.29, 0.717) is 6.04 Å². The van der Waals surface area contributed by atoms with Crippen LogP contribution in [-0.4, -0.2) is 31.1 Å². The van der Waals surface area contributed by atoms with Crippen molar-refractivity contribution >= 4 is 0 Å². The maximum absolute atomic E-state index is 3.66. The average Bonchev–Trinajstić information content (AvgIpc) is 2.37. The van der Waals surface area contributed by atoms with Gasteiger partial charge in [0.25, 0.3) is 0 Å². The highest BCUT2D eigenvalue weighted by atomic mass is 15.1. The van der Waals surface area contributed by atoms with Gasteiger partial charge < -0.3 is 10.2 Å². The molecule has 0 saturated carbocycles. The van der Waals surface area contributed by atoms with Crippen LogP contribution in [0.3, 0.4) is 0 Å². The van der Waals surface area contributed by atoms with Gasteiger partial charge in [-0.1, -0.05) is 50.1 Å². The first kappa shape index (κ1) is 17.2. The van der Waals surface area contributed by atoms with Crippen molar-refractivity contribution in [1.82, 2.24) is 10.2 Å². The molecule has 1 unspecified atom stereocenters. The van der Waals surface area contributed by atoms with Crippen molar-refractivity contribution in [1.29, 1.82) is 0 Å². The van der Waals surface area contributed by atoms with Gasteiger partial charge in [-0.2, -0.15) is 0 Å². The molecule has 0 spiro atoms. The number of nitrogens with one attached hydrogen (secondary N) is 1. The molecule has 1 rings (SSSR count). The number of likely N-dealkylation sites (N-methyl/N-ethyl adjacent to an activating group) is 1. The molecule has 0 fully saturated rings. The predicted molar refractivity (Wildman–Crippen MR) is 89.4 cm³/mol. The van der Waals surface area contributed by atoms with Gasteiger partial charge in [-0.25, -0.2) is 0 Å². The minimum absolute atomic E-state index is 0.441. The normalized spacial score (nSPS) is 12.9. The first-order valence-corrected chi connectivity index (χ1v) is 8.14. The zero-order chi connectivity index (χ0) is 15.0. The molecule has 1 atom stereocenters. The van der Waals surface area contributed by atoms with E-state index >= 15 is 0 Å². The third kappa shape index (κ3) is 5.64. The molecular weight excluding hydrogens is 244 g/mol. The largest absolute Gasteiger partial charge is 0.309 e. The van der Waals surface area contributed by atoms with Crippen LogP contribution in [0.5, 0.6) is 0 Å². The lowest BCUT2D eigenvalue weighted by atomic mass is 10.0. The maximum Gasteiger partial charge on any atom is 0.0449 e. The first-order chi connectivity index (χ1) is 9.60. The fraction of sp³-hybridized carbons (Fsp3) is 0.667. The summed E-state index contributed by atoms with van der Waals surface area (Å²) >= 11 is 0. The number of rotatable bonds is 9. The second-order valence-electron chi connectivity index (χ2n) is 5.83. The third-order valence-electron chi connectivity index (χ3n) is 3.62. The molecule has 0 amide bonds. The lowest BCUT2D eigenvalue weighted by Crippen LogP contribution is -2.36. The highest BCUT2D eigenvalue weighted by molar-refractivity contribution is 5.31. The smallest absolute Gasteiger partial charge is 0.0449 e. The van der Waals surface area contributed by atoms with Crippen LogP contribution in [0.4, 0.5) is 0 Å². The van der Waals surface area contributed by atoms with E-state index in [1.54, 1.807) is 0 Å². The van der Waals surface area contributed by atoms with Gasteiger partial charge in [-0.3, -0.25) is 0 Å². The molecule has 1 aromatic rings. The monoisotopic (exact) mass is 276 g/mol. The van der Waals surface area contributed by atoms with Crippen molar-refractivity contribution in [3.63, 3.8) is 0 Å². The van der Waals surface area contributed by atoms with Crippen LogP contribution in [0, 0.1) is 13.8 Å². The van der Waals surface area contributed by atoms with E-state index in [1.165, 1.54) is 42.6 Å². The molecule has 0 radical (unpaired) electrons. The minimum atomic E-state index is 0.441. The quantitative estimate of drug-likeness (QED) is 0.731. The molecular formula is C18H32N2. The summed E-state index contributed by atoms with van der Waals surface area (Å²) in [6, 6.07) is 7.35. The highest BCUT2D eigenvalue weighted by Crippen LogP contribution is 2.18. The summed E-state index contributed by atoms with van der Waals surface area (Å²) in [5, 5.41) is 3.66. The van der Waals surface area contributed by atoms with Gasteiger partial charge in [0.05, 0.1) is 0 Å². The molecule has 2 nitrogen and oxygen atoms in total. The Bertz CT molecular complexity index is 361. The Morgan fingerprint density at radius 3 is 1.95 bits per heavy atom. The standard InChI is InChI=1S/C18H32N2/c1-6-9-20(10-7-2)14-18(19-8-3)17-12-15(4)11-16(5)13-17/h11-13,18-19H,6-10,14H2,1-5H3. The van der Waals surface area contributed by atoms with E-state index in [0.717, 1.165) is 13.1 Å². The highest BCUT2D eigenvalue weighted by Gasteiger charge is 2.15. The molecule has 20 heavy (non-hydrogen) atoms. The van der Waals surface area contributed by atoms with E-state index in [-0.39, 0.29) is 0 Å². The Balaban J connectivity index is 2.85. The number of hydrogen-bond donors (Lipinski definition) is 1. The lowest BCUT2D eigenvalue weighted by Gasteiger charge is -2.28. The van der Waals surface area contributed by atoms with Crippen LogP contribution in [-0.2, 0) is 0 Å². The van der Waals surface area contributed by atoms with Gasteiger partial charge in [-0.05, 0) is 51.9 Å². The fourth-order valence-electron chi connectivity index (χ4n) is 2.93. The number of benzene rings is 1. The average molecular weight is 276 g/mol. The van der Waals surface area contributed by atoms with Gasteiger partial charge in [0.1, 0.15) is 0 Å². The van der Waals surface area contributed by atoms with E-state index in [4.69, 9.17) is 0 Å². The van der Waals surface area contributed by atoms with E-state index in [1.807, 2.05) is 0 Å². The molecule has 114 valence electrons. The SMILES string of the molecule is CCCN(CCC)CC(NCC)c1cc(C)cc(C)c1. The number of hydrogen-bond acceptors (Lipinski definition) is 2. The molecule has 0 aromatic heterocycles. The molecule has 1 N–H and O–H groups in total. The van der Waals surface area contributed by atoms with Crippen molar-refractivity contribution < 1.29 is 0 Å². The minimum Gasteiger partial charge on any atom is -0.309 e. The van der Waals surface area contributed by atoms with E-state index in [9.17, 15) is 0 Å². The summed E-state index contributed by atoms with van der Waals surface area (Å²) in [7, 11) is 0. The summed E-state index contributed by atoms with van der Waals surface area (Å²) in [6.07, 6.45) is 2.46. The van der Waals surface area contributed by atoms with Gasteiger partial charge in [0, 0.05) is 12.6 Å². The lowest BCUT2D eigenvalue weighted by molar-refractivity contribution is 0.244. The van der Waals surface area contributed by atoms with Gasteiger partial charge in [-0.15, -0.1) is 0 Å². The fourth-order valence-corrected chi connectivity index (χ4v) is 2.93. The molecule has 0 bridgehead atoms. The summed E-state index contributed by atoms with van der Waals surface area (Å²) in [4.78, 5) is 2.59. The predicted octanol–water partition coefficient (Wildman–Crippen LogP) is 4.08. The Kier molecular flexibility index (Phi) is 7.86. The third-order valence-corrected chi connectivity index (χ3v) is 3.62. The van der Waals surface area contributed by atoms with Crippen molar-refractivity contribution in [3.8, 4) is 0 Å². The summed E-state index contributed by atoms with van der Waals surface area (Å²) in [5.41, 5.74) is 4.16. The molecule has 0 aliphatic heterocycles. The molecule has 0 saturated heterocycles. The van der Waals surface area contributed by atoms with Crippen LogP contribution in [0.25, 0.3) is 0 Å². The molecule has 0 heterocycles. The Labute approximate surface area is 125 Å². The van der Waals surface area contributed by atoms with Crippen molar-refractivity contribution in [3.05, 3.63) is 34.9 Å². The second-order valence-corrected chi connectivity index (χ2v) is 5.83. The maximum atomic E-state index is 3.66. The van der Waals surface area contributed by atoms with E-state index in [2.05, 4.69) is 63.0 Å². The van der Waals surface area contributed by atoms with E-state index < -0.39 is 0 Å². The summed E-state index contributed by atoms with van der Waals surface area (Å²) < 4.78 is 0. The van der Waals surface area contributed by atoms with Gasteiger partial charge in [0.2, 0.25) is 0 Å². The van der Waals surface area contributed by atoms with Gasteiger partial charge >= 0.3 is 0 Å². The van der Waals surface area contributed by atoms with Crippen molar-refractivity contribution in [2.45, 2.75) is 53.5 Å². The first-order valence-electron chi connectivity index (χ1n) is 8.14. The van der Waals surface area contributed by atoms with Crippen molar-refractivity contribution in [2.24, 2.45) is 0 Å². The number of aryl methyl sites for hydroxylation is 2. The topological polar surface area (TPSA) is 15.3 Å². The number of nitrogens with zero attached hydrogens (tertiary/aromatic N) is 1. The van der Waals surface area contributed by atoms with Crippen LogP contribution in [0.1, 0.15) is 56.3 Å². The molecule has 0 aliphatic carbocycles. The van der Waals surface area contributed by atoms with Crippen molar-refractivity contribution in [2.75, 3.05) is 26.2 Å². The van der Waals surface area contributed by atoms with Crippen LogP contribution in [0.2, 0.25) is 0 Å². The Hall–Kier alpha value is -0.860. The van der Waals surface area contributed by atoms with Crippen LogP contribution < -0.4 is 5.32 Å². The molecule has 2 heteroatoms. The summed E-state index contributed by atoms with van der Waals surface area (Å²) in [6.45, 7) is 15.6. The van der Waals surface area contributed by atoms with Crippen LogP contribution >= 0.6 is 0 Å². The molecule has 1 aromatic carbocycles. The Morgan fingerprint density at radius 2 is 1.50 bits per heavy atom. The molecule has 0 aliphatic rings. The second kappa shape index (κ2) is 9.15. The zero-order valence-corrected chi connectivity index (χ0v) is 14.0.